The van der Waals surface area contributed by atoms with Gasteiger partial charge in [0.1, 0.15) is 5.69 Å². The van der Waals surface area contributed by atoms with E-state index in [4.69, 9.17) is 4.74 Å². The summed E-state index contributed by atoms with van der Waals surface area (Å²) in [6.07, 6.45) is 2.84. The van der Waals surface area contributed by atoms with Crippen molar-refractivity contribution in [3.8, 4) is 0 Å². The second kappa shape index (κ2) is 2.63. The van der Waals surface area contributed by atoms with Crippen LogP contribution >= 0.6 is 0 Å². The predicted molar refractivity (Wildman–Crippen MR) is 47.5 cm³/mol. The van der Waals surface area contributed by atoms with Gasteiger partial charge in [0.2, 0.25) is 0 Å². The summed E-state index contributed by atoms with van der Waals surface area (Å²) >= 11 is 0. The smallest absolute Gasteiger partial charge is 0.361 e. The van der Waals surface area contributed by atoms with Crippen LogP contribution in [0.15, 0.2) is 4.79 Å². The van der Waals surface area contributed by atoms with Gasteiger partial charge in [-0.3, -0.25) is 4.57 Å². The SMILES string of the molecule is O=c1n(O)c2c(n1C1CC1)CCOC2. The molecule has 0 bridgehead atoms. The van der Waals surface area contributed by atoms with Gasteiger partial charge in [0, 0.05) is 12.5 Å². The summed E-state index contributed by atoms with van der Waals surface area (Å²) in [5, 5.41) is 9.54. The van der Waals surface area contributed by atoms with Gasteiger partial charge in [0.25, 0.3) is 0 Å². The summed E-state index contributed by atoms with van der Waals surface area (Å²) in [5.74, 6) is 0. The molecule has 1 aromatic heterocycles. The van der Waals surface area contributed by atoms with Crippen molar-refractivity contribution in [3.63, 3.8) is 0 Å². The minimum absolute atomic E-state index is 0.303. The molecule has 0 radical (unpaired) electrons. The van der Waals surface area contributed by atoms with E-state index in [9.17, 15) is 10.0 Å². The number of rotatable bonds is 1. The lowest BCUT2D eigenvalue weighted by molar-refractivity contribution is 0.0791. The molecule has 1 aromatic rings. The van der Waals surface area contributed by atoms with Crippen molar-refractivity contribution >= 4 is 0 Å². The maximum Gasteiger partial charge on any atom is 0.361 e. The fourth-order valence-corrected chi connectivity index (χ4v) is 2.05. The topological polar surface area (TPSA) is 56.4 Å². The number of aromatic nitrogens is 2. The minimum Gasteiger partial charge on any atom is -0.424 e. The van der Waals surface area contributed by atoms with Crippen LogP contribution in [0.3, 0.4) is 0 Å². The second-order valence-corrected chi connectivity index (χ2v) is 3.89. The van der Waals surface area contributed by atoms with Gasteiger partial charge in [-0.2, -0.15) is 0 Å². The monoisotopic (exact) mass is 196 g/mol. The van der Waals surface area contributed by atoms with Crippen LogP contribution in [0.1, 0.15) is 30.3 Å². The Kier molecular flexibility index (Phi) is 1.53. The highest BCUT2D eigenvalue weighted by molar-refractivity contribution is 5.18. The Labute approximate surface area is 80.5 Å². The second-order valence-electron chi connectivity index (χ2n) is 3.89. The molecule has 2 heterocycles. The summed E-state index contributed by atoms with van der Waals surface area (Å²) in [6, 6.07) is 0.322. The highest BCUT2D eigenvalue weighted by Crippen LogP contribution is 2.36. The zero-order valence-electron chi connectivity index (χ0n) is 7.77. The van der Waals surface area contributed by atoms with Gasteiger partial charge < -0.3 is 9.94 Å². The molecule has 14 heavy (non-hydrogen) atoms. The molecule has 0 atom stereocenters. The van der Waals surface area contributed by atoms with Crippen LogP contribution in [-0.2, 0) is 17.8 Å². The van der Waals surface area contributed by atoms with Crippen molar-refractivity contribution in [1.82, 2.24) is 9.30 Å². The van der Waals surface area contributed by atoms with Gasteiger partial charge in [-0.1, -0.05) is 0 Å². The highest BCUT2D eigenvalue weighted by Gasteiger charge is 2.32. The van der Waals surface area contributed by atoms with E-state index >= 15 is 0 Å². The van der Waals surface area contributed by atoms with Crippen LogP contribution in [0.4, 0.5) is 0 Å². The standard InChI is InChI=1S/C9H12N2O3/c12-9-10(6-1-2-6)7-3-4-14-5-8(7)11(9)13/h6,13H,1-5H2. The Morgan fingerprint density at radius 1 is 1.36 bits per heavy atom. The summed E-state index contributed by atoms with van der Waals surface area (Å²) in [5.41, 5.74) is 1.29. The number of fused-ring (bicyclic) bond motifs is 1. The van der Waals surface area contributed by atoms with Crippen LogP contribution in [0.25, 0.3) is 0 Å². The third-order valence-electron chi connectivity index (χ3n) is 2.90. The summed E-state index contributed by atoms with van der Waals surface area (Å²) in [4.78, 5) is 11.7. The lowest BCUT2D eigenvalue weighted by Crippen LogP contribution is -2.23. The number of imidazole rings is 1. The summed E-state index contributed by atoms with van der Waals surface area (Å²) < 4.78 is 7.69. The largest absolute Gasteiger partial charge is 0.424 e. The quantitative estimate of drug-likeness (QED) is 0.657. The molecule has 0 spiro atoms. The maximum absolute atomic E-state index is 11.7. The molecule has 5 heteroatoms. The molecule has 0 unspecified atom stereocenters. The number of hydrogen-bond donors (Lipinski definition) is 1. The van der Waals surface area contributed by atoms with E-state index in [0.717, 1.165) is 29.7 Å². The molecule has 0 saturated heterocycles. The molecule has 76 valence electrons. The normalized spacial score (nSPS) is 20.9. The molecule has 1 saturated carbocycles. The molecule has 1 fully saturated rings. The van der Waals surface area contributed by atoms with E-state index in [0.29, 0.717) is 24.9 Å². The molecule has 1 aliphatic heterocycles. The zero-order chi connectivity index (χ0) is 9.71. The molecule has 2 aliphatic rings. The Balaban J connectivity index is 2.22. The Hall–Kier alpha value is -1.23. The predicted octanol–water partition coefficient (Wildman–Crippen LogP) is 0.295. The maximum atomic E-state index is 11.7. The Morgan fingerprint density at radius 3 is 2.86 bits per heavy atom. The van der Waals surface area contributed by atoms with Crippen molar-refractivity contribution in [2.45, 2.75) is 31.9 Å². The molecular weight excluding hydrogens is 184 g/mol. The number of nitrogens with zero attached hydrogens (tertiary/aromatic N) is 2. The van der Waals surface area contributed by atoms with E-state index < -0.39 is 0 Å². The molecular formula is C9H12N2O3. The van der Waals surface area contributed by atoms with Gasteiger partial charge in [0.15, 0.2) is 0 Å². The summed E-state index contributed by atoms with van der Waals surface area (Å²) in [6.45, 7) is 0.990. The number of ether oxygens (including phenoxy) is 1. The lowest BCUT2D eigenvalue weighted by Gasteiger charge is -2.13. The van der Waals surface area contributed by atoms with E-state index in [1.54, 1.807) is 4.57 Å². The van der Waals surface area contributed by atoms with Gasteiger partial charge >= 0.3 is 5.69 Å². The van der Waals surface area contributed by atoms with Crippen LogP contribution < -0.4 is 5.69 Å². The third kappa shape index (κ3) is 0.957. The van der Waals surface area contributed by atoms with Crippen LogP contribution in [-0.4, -0.2) is 21.1 Å². The van der Waals surface area contributed by atoms with Crippen molar-refractivity contribution in [3.05, 3.63) is 21.9 Å². The molecule has 1 N–H and O–H groups in total. The van der Waals surface area contributed by atoms with Crippen LogP contribution in [0.2, 0.25) is 0 Å². The van der Waals surface area contributed by atoms with Crippen molar-refractivity contribution in [2.24, 2.45) is 0 Å². The van der Waals surface area contributed by atoms with Crippen molar-refractivity contribution in [1.29, 1.82) is 0 Å². The molecule has 5 nitrogen and oxygen atoms in total. The van der Waals surface area contributed by atoms with E-state index in [1.807, 2.05) is 0 Å². The summed E-state index contributed by atoms with van der Waals surface area (Å²) in [7, 11) is 0. The minimum atomic E-state index is -0.303. The first-order valence-electron chi connectivity index (χ1n) is 4.91. The van der Waals surface area contributed by atoms with Crippen molar-refractivity contribution in [2.75, 3.05) is 6.61 Å². The van der Waals surface area contributed by atoms with Crippen LogP contribution in [0, 0.1) is 0 Å². The van der Waals surface area contributed by atoms with Gasteiger partial charge in [-0.15, -0.1) is 4.73 Å². The van der Waals surface area contributed by atoms with Crippen LogP contribution in [0.5, 0.6) is 0 Å². The fraction of sp³-hybridized carbons (Fsp3) is 0.667. The molecule has 0 amide bonds. The number of hydrogen-bond acceptors (Lipinski definition) is 3. The first-order valence-corrected chi connectivity index (χ1v) is 4.91. The van der Waals surface area contributed by atoms with Gasteiger partial charge in [0.05, 0.1) is 18.9 Å². The van der Waals surface area contributed by atoms with E-state index in [1.165, 1.54) is 0 Å². The lowest BCUT2D eigenvalue weighted by atomic mass is 10.2. The van der Waals surface area contributed by atoms with Crippen molar-refractivity contribution < 1.29 is 9.94 Å². The first-order chi connectivity index (χ1) is 6.79. The van der Waals surface area contributed by atoms with Gasteiger partial charge in [-0.25, -0.2) is 4.79 Å². The average molecular weight is 196 g/mol. The van der Waals surface area contributed by atoms with Gasteiger partial charge in [-0.05, 0) is 12.8 Å². The molecule has 0 aromatic carbocycles. The molecule has 3 rings (SSSR count). The third-order valence-corrected chi connectivity index (χ3v) is 2.90. The Bertz CT molecular complexity index is 428. The first kappa shape index (κ1) is 8.11. The average Bonchev–Trinajstić information content (AvgIpc) is 2.99. The zero-order valence-corrected chi connectivity index (χ0v) is 7.77. The Morgan fingerprint density at radius 2 is 2.14 bits per heavy atom. The highest BCUT2D eigenvalue weighted by atomic mass is 16.5. The fourth-order valence-electron chi connectivity index (χ4n) is 2.05. The molecule has 1 aliphatic carbocycles. The van der Waals surface area contributed by atoms with E-state index in [2.05, 4.69) is 0 Å². The van der Waals surface area contributed by atoms with E-state index in [-0.39, 0.29) is 5.69 Å².